The molecule has 2 aromatic heterocycles. The van der Waals surface area contributed by atoms with Gasteiger partial charge in [-0.05, 0) is 25.1 Å². The van der Waals surface area contributed by atoms with Crippen molar-refractivity contribution in [2.45, 2.75) is 25.9 Å². The lowest BCUT2D eigenvalue weighted by atomic mass is 10.2. The molecule has 3 rings (SSSR count). The van der Waals surface area contributed by atoms with E-state index in [9.17, 15) is 4.79 Å². The van der Waals surface area contributed by atoms with E-state index < -0.39 is 0 Å². The number of amides is 2. The molecule has 0 radical (unpaired) electrons. The maximum atomic E-state index is 12.3. The summed E-state index contributed by atoms with van der Waals surface area (Å²) in [4.78, 5) is 24.4. The van der Waals surface area contributed by atoms with Gasteiger partial charge in [0.25, 0.3) is 0 Å². The minimum absolute atomic E-state index is 0.124. The monoisotopic (exact) mass is 330 g/mol. The third-order valence-corrected chi connectivity index (χ3v) is 4.17. The molecule has 1 atom stereocenters. The molecule has 24 heavy (non-hydrogen) atoms. The van der Waals surface area contributed by atoms with Crippen LogP contribution in [-0.4, -0.2) is 63.7 Å². The first-order valence-corrected chi connectivity index (χ1v) is 8.12. The number of likely N-dealkylation sites (tertiary alicyclic amines) is 1. The van der Waals surface area contributed by atoms with Crippen molar-refractivity contribution in [1.29, 1.82) is 0 Å². The van der Waals surface area contributed by atoms with E-state index in [0.29, 0.717) is 11.7 Å². The number of carbonyl (C=O) groups excluding carboxylic acids is 1. The topological polar surface area (TPSA) is 87.4 Å². The van der Waals surface area contributed by atoms with Crippen LogP contribution >= 0.6 is 0 Å². The molecule has 0 aliphatic carbocycles. The fourth-order valence-electron chi connectivity index (χ4n) is 2.73. The van der Waals surface area contributed by atoms with Crippen LogP contribution in [0.3, 0.4) is 0 Å². The Hall–Kier alpha value is -2.48. The largest absolute Gasteiger partial charge is 0.337 e. The summed E-state index contributed by atoms with van der Waals surface area (Å²) in [7, 11) is 1.72. The molecule has 2 amide bonds. The van der Waals surface area contributed by atoms with Crippen molar-refractivity contribution in [1.82, 2.24) is 30.2 Å². The maximum absolute atomic E-state index is 12.3. The van der Waals surface area contributed by atoms with E-state index in [1.54, 1.807) is 24.3 Å². The first kappa shape index (κ1) is 16.4. The average molecular weight is 330 g/mol. The number of hydrogen-bond donors (Lipinski definition) is 1. The third kappa shape index (κ3) is 3.88. The van der Waals surface area contributed by atoms with Gasteiger partial charge >= 0.3 is 6.03 Å². The number of urea groups is 1. The van der Waals surface area contributed by atoms with Gasteiger partial charge in [0.1, 0.15) is 6.54 Å². The van der Waals surface area contributed by atoms with Gasteiger partial charge in [-0.25, -0.2) is 4.79 Å². The smallest absolute Gasteiger partial charge is 0.317 e. The normalized spacial score (nSPS) is 17.8. The van der Waals surface area contributed by atoms with Gasteiger partial charge in [-0.1, -0.05) is 12.1 Å². The highest BCUT2D eigenvalue weighted by molar-refractivity contribution is 5.74. The Morgan fingerprint density at radius 2 is 2.25 bits per heavy atom. The van der Waals surface area contributed by atoms with Crippen LogP contribution in [0.5, 0.6) is 0 Å². The minimum atomic E-state index is -0.124. The van der Waals surface area contributed by atoms with Crippen LogP contribution in [0.25, 0.3) is 11.4 Å². The molecule has 3 heterocycles. The number of rotatable bonds is 5. The lowest BCUT2D eigenvalue weighted by Gasteiger charge is -2.20. The van der Waals surface area contributed by atoms with Crippen LogP contribution < -0.4 is 5.32 Å². The summed E-state index contributed by atoms with van der Waals surface area (Å²) in [5, 5.41) is 6.99. The van der Waals surface area contributed by atoms with Crippen molar-refractivity contribution in [2.75, 3.05) is 26.7 Å². The summed E-state index contributed by atoms with van der Waals surface area (Å²) in [6.07, 6.45) is 4.33. The molecular weight excluding hydrogens is 308 g/mol. The van der Waals surface area contributed by atoms with Crippen LogP contribution in [0.2, 0.25) is 0 Å². The molecule has 1 aliphatic rings. The van der Waals surface area contributed by atoms with Gasteiger partial charge < -0.3 is 19.6 Å². The fourth-order valence-corrected chi connectivity index (χ4v) is 2.73. The van der Waals surface area contributed by atoms with Crippen LogP contribution in [0, 0.1) is 0 Å². The highest BCUT2D eigenvalue weighted by Gasteiger charge is 2.24. The SMILES string of the molecule is CCN1CCC(NC(=O)N(C)Cc2nc(-c3ccncc3)no2)C1. The van der Waals surface area contributed by atoms with Crippen molar-refractivity contribution >= 4 is 6.03 Å². The van der Waals surface area contributed by atoms with E-state index in [0.717, 1.165) is 31.6 Å². The van der Waals surface area contributed by atoms with E-state index in [2.05, 4.69) is 32.3 Å². The summed E-state index contributed by atoms with van der Waals surface area (Å²) >= 11 is 0. The second kappa shape index (κ2) is 7.39. The Bertz CT molecular complexity index is 674. The Morgan fingerprint density at radius 1 is 1.46 bits per heavy atom. The fraction of sp³-hybridized carbons (Fsp3) is 0.500. The zero-order chi connectivity index (χ0) is 16.9. The van der Waals surface area contributed by atoms with Gasteiger partial charge in [-0.2, -0.15) is 4.98 Å². The molecule has 0 bridgehead atoms. The predicted octanol–water partition coefficient (Wildman–Crippen LogP) is 1.37. The van der Waals surface area contributed by atoms with Gasteiger partial charge in [0.2, 0.25) is 11.7 Å². The molecule has 8 heteroatoms. The Morgan fingerprint density at radius 3 is 2.96 bits per heavy atom. The first-order valence-electron chi connectivity index (χ1n) is 8.12. The van der Waals surface area contributed by atoms with Crippen molar-refractivity contribution < 1.29 is 9.32 Å². The second-order valence-corrected chi connectivity index (χ2v) is 5.93. The molecule has 1 aliphatic heterocycles. The molecular formula is C16H22N6O2. The van der Waals surface area contributed by atoms with Crippen molar-refractivity contribution in [2.24, 2.45) is 0 Å². The van der Waals surface area contributed by atoms with Crippen LogP contribution in [-0.2, 0) is 6.54 Å². The number of likely N-dealkylation sites (N-methyl/N-ethyl adjacent to an activating group) is 1. The van der Waals surface area contributed by atoms with Crippen LogP contribution in [0.15, 0.2) is 29.0 Å². The molecule has 1 fully saturated rings. The van der Waals surface area contributed by atoms with Gasteiger partial charge in [0.15, 0.2) is 0 Å². The Labute approximate surface area is 140 Å². The quantitative estimate of drug-likeness (QED) is 0.891. The average Bonchev–Trinajstić information content (AvgIpc) is 3.25. The number of aromatic nitrogens is 3. The predicted molar refractivity (Wildman–Crippen MR) is 88.0 cm³/mol. The molecule has 0 saturated carbocycles. The summed E-state index contributed by atoms with van der Waals surface area (Å²) in [6.45, 7) is 5.36. The van der Waals surface area contributed by atoms with Gasteiger partial charge in [0.05, 0.1) is 0 Å². The van der Waals surface area contributed by atoms with Crippen molar-refractivity contribution in [3.63, 3.8) is 0 Å². The Balaban J connectivity index is 1.54. The summed E-state index contributed by atoms with van der Waals surface area (Å²) < 4.78 is 5.23. The maximum Gasteiger partial charge on any atom is 0.317 e. The van der Waals surface area contributed by atoms with E-state index in [1.165, 1.54) is 0 Å². The molecule has 0 aromatic carbocycles. The molecule has 8 nitrogen and oxygen atoms in total. The van der Waals surface area contributed by atoms with E-state index >= 15 is 0 Å². The number of nitrogens with one attached hydrogen (secondary N) is 1. The second-order valence-electron chi connectivity index (χ2n) is 5.93. The molecule has 128 valence electrons. The standard InChI is InChI=1S/C16H22N6O2/c1-3-22-9-6-13(10-22)18-16(23)21(2)11-14-19-15(20-24-14)12-4-7-17-8-5-12/h4-5,7-8,13H,3,6,9-11H2,1-2H3,(H,18,23). The molecule has 1 unspecified atom stereocenters. The first-order chi connectivity index (χ1) is 11.7. The lowest BCUT2D eigenvalue weighted by molar-refractivity contribution is 0.195. The molecule has 0 spiro atoms. The highest BCUT2D eigenvalue weighted by atomic mass is 16.5. The summed E-state index contributed by atoms with van der Waals surface area (Å²) in [5.74, 6) is 0.900. The van der Waals surface area contributed by atoms with E-state index in [-0.39, 0.29) is 18.6 Å². The molecule has 1 saturated heterocycles. The zero-order valence-electron chi connectivity index (χ0n) is 14.0. The third-order valence-electron chi connectivity index (χ3n) is 4.17. The van der Waals surface area contributed by atoms with Gasteiger partial charge in [-0.3, -0.25) is 4.98 Å². The highest BCUT2D eigenvalue weighted by Crippen LogP contribution is 2.15. The van der Waals surface area contributed by atoms with Crippen LogP contribution in [0.1, 0.15) is 19.2 Å². The lowest BCUT2D eigenvalue weighted by Crippen LogP contribution is -2.43. The number of nitrogens with zero attached hydrogens (tertiary/aromatic N) is 5. The minimum Gasteiger partial charge on any atom is -0.337 e. The molecule has 1 N–H and O–H groups in total. The Kier molecular flexibility index (Phi) is 5.05. The number of hydrogen-bond acceptors (Lipinski definition) is 6. The van der Waals surface area contributed by atoms with Crippen molar-refractivity contribution in [3.8, 4) is 11.4 Å². The van der Waals surface area contributed by atoms with Crippen molar-refractivity contribution in [3.05, 3.63) is 30.4 Å². The van der Waals surface area contributed by atoms with E-state index in [1.807, 2.05) is 12.1 Å². The number of pyridine rings is 1. The number of carbonyl (C=O) groups is 1. The summed E-state index contributed by atoms with van der Waals surface area (Å²) in [6, 6.07) is 3.70. The van der Waals surface area contributed by atoms with Crippen LogP contribution in [0.4, 0.5) is 4.79 Å². The van der Waals surface area contributed by atoms with E-state index in [4.69, 9.17) is 4.52 Å². The molecule has 2 aromatic rings. The summed E-state index contributed by atoms with van der Waals surface area (Å²) in [5.41, 5.74) is 0.831. The zero-order valence-corrected chi connectivity index (χ0v) is 14.0. The van der Waals surface area contributed by atoms with Gasteiger partial charge in [0, 0.05) is 44.1 Å². The van der Waals surface area contributed by atoms with Gasteiger partial charge in [-0.15, -0.1) is 0 Å².